The van der Waals surface area contributed by atoms with E-state index in [9.17, 15) is 9.90 Å². The first-order chi connectivity index (χ1) is 11.8. The molecule has 3 rings (SSSR count). The van der Waals surface area contributed by atoms with Crippen LogP contribution in [0.1, 0.15) is 43.2 Å². The smallest absolute Gasteiger partial charge is 0.374 e. The van der Waals surface area contributed by atoms with Crippen LogP contribution in [0.5, 0.6) is 0 Å². The Balaban J connectivity index is 1.93. The van der Waals surface area contributed by atoms with E-state index in [1.54, 1.807) is 0 Å². The predicted molar refractivity (Wildman–Crippen MR) is 94.5 cm³/mol. The minimum Gasteiger partial charge on any atom is -0.501 e. The fourth-order valence-corrected chi connectivity index (χ4v) is 3.14. The number of hydrogen-bond donors (Lipinski definition) is 1. The molecular weight excluding hydrogens is 300 g/mol. The zero-order valence-electron chi connectivity index (χ0n) is 13.7. The van der Waals surface area contributed by atoms with E-state index in [2.05, 4.69) is 0 Å². The largest absolute Gasteiger partial charge is 0.501 e. The number of benzene rings is 2. The van der Waals surface area contributed by atoms with E-state index in [0.29, 0.717) is 5.57 Å². The predicted octanol–water partition coefficient (Wildman–Crippen LogP) is 4.88. The maximum Gasteiger partial charge on any atom is 0.374 e. The van der Waals surface area contributed by atoms with Crippen molar-refractivity contribution in [1.29, 1.82) is 0 Å². The van der Waals surface area contributed by atoms with Gasteiger partial charge in [-0.3, -0.25) is 0 Å². The van der Waals surface area contributed by atoms with Crippen molar-refractivity contribution >= 4 is 11.5 Å². The number of carbonyl (C=O) groups excluding carboxylic acids is 1. The van der Waals surface area contributed by atoms with Gasteiger partial charge in [-0.25, -0.2) is 4.79 Å². The number of esters is 1. The van der Waals surface area contributed by atoms with Gasteiger partial charge in [0.25, 0.3) is 0 Å². The summed E-state index contributed by atoms with van der Waals surface area (Å²) in [6, 6.07) is 18.9. The topological polar surface area (TPSA) is 46.5 Å². The summed E-state index contributed by atoms with van der Waals surface area (Å²) in [5.74, 6) is -0.956. The van der Waals surface area contributed by atoms with E-state index in [1.807, 2.05) is 60.7 Å². The molecular formula is C21H22O3. The molecule has 1 N–H and O–H groups in total. The van der Waals surface area contributed by atoms with Crippen molar-refractivity contribution in [2.24, 2.45) is 0 Å². The van der Waals surface area contributed by atoms with Crippen LogP contribution in [0, 0.1) is 0 Å². The molecule has 1 aliphatic rings. The number of rotatable bonds is 4. The first kappa shape index (κ1) is 16.3. The van der Waals surface area contributed by atoms with E-state index >= 15 is 0 Å². The summed E-state index contributed by atoms with van der Waals surface area (Å²) in [4.78, 5) is 12.5. The van der Waals surface area contributed by atoms with Crippen molar-refractivity contribution < 1.29 is 14.6 Å². The van der Waals surface area contributed by atoms with Crippen LogP contribution >= 0.6 is 0 Å². The molecule has 2 aromatic rings. The Bertz CT molecular complexity index is 657. The van der Waals surface area contributed by atoms with E-state index in [-0.39, 0.29) is 11.9 Å². The normalized spacial score (nSPS) is 14.8. The molecule has 124 valence electrons. The Kier molecular flexibility index (Phi) is 5.32. The van der Waals surface area contributed by atoms with Crippen LogP contribution in [0.4, 0.5) is 0 Å². The summed E-state index contributed by atoms with van der Waals surface area (Å²) in [7, 11) is 0. The molecule has 0 spiro atoms. The second-order valence-corrected chi connectivity index (χ2v) is 6.12. The fourth-order valence-electron chi connectivity index (χ4n) is 3.14. The Morgan fingerprint density at radius 1 is 0.833 bits per heavy atom. The molecule has 0 unspecified atom stereocenters. The lowest BCUT2D eigenvalue weighted by Crippen LogP contribution is -2.22. The third-order valence-corrected chi connectivity index (χ3v) is 4.38. The van der Waals surface area contributed by atoms with Crippen LogP contribution in [0.25, 0.3) is 5.57 Å². The lowest BCUT2D eigenvalue weighted by molar-refractivity contribution is -0.148. The van der Waals surface area contributed by atoms with Crippen LogP contribution < -0.4 is 0 Å². The van der Waals surface area contributed by atoms with Gasteiger partial charge in [0.15, 0.2) is 0 Å². The Morgan fingerprint density at radius 3 is 1.83 bits per heavy atom. The van der Waals surface area contributed by atoms with Crippen LogP contribution in [-0.2, 0) is 9.53 Å². The molecule has 3 heteroatoms. The van der Waals surface area contributed by atoms with Gasteiger partial charge in [-0.15, -0.1) is 0 Å². The summed E-state index contributed by atoms with van der Waals surface area (Å²) in [5, 5.41) is 10.6. The molecule has 0 heterocycles. The molecule has 3 nitrogen and oxygen atoms in total. The highest BCUT2D eigenvalue weighted by molar-refractivity contribution is 5.99. The minimum absolute atomic E-state index is 0.0822. The Hall–Kier alpha value is -2.55. The Morgan fingerprint density at radius 2 is 1.33 bits per heavy atom. The zero-order chi connectivity index (χ0) is 16.8. The van der Waals surface area contributed by atoms with Gasteiger partial charge in [-0.1, -0.05) is 67.1 Å². The van der Waals surface area contributed by atoms with Gasteiger partial charge in [0.2, 0.25) is 5.76 Å². The molecule has 0 radical (unpaired) electrons. The second-order valence-electron chi connectivity index (χ2n) is 6.12. The van der Waals surface area contributed by atoms with Crippen LogP contribution in [0.3, 0.4) is 0 Å². The molecule has 1 fully saturated rings. The van der Waals surface area contributed by atoms with E-state index < -0.39 is 5.97 Å². The van der Waals surface area contributed by atoms with Gasteiger partial charge >= 0.3 is 5.97 Å². The molecule has 0 aliphatic heterocycles. The number of aliphatic hydroxyl groups excluding tert-OH is 1. The van der Waals surface area contributed by atoms with Crippen molar-refractivity contribution in [3.05, 3.63) is 77.5 Å². The van der Waals surface area contributed by atoms with Gasteiger partial charge in [0.1, 0.15) is 6.10 Å². The van der Waals surface area contributed by atoms with Crippen molar-refractivity contribution in [3.8, 4) is 0 Å². The fraction of sp³-hybridized carbons (Fsp3) is 0.286. The summed E-state index contributed by atoms with van der Waals surface area (Å²) in [6.45, 7) is 0. The quantitative estimate of drug-likeness (QED) is 0.496. The molecule has 24 heavy (non-hydrogen) atoms. The number of ether oxygens (including phenoxy) is 1. The van der Waals surface area contributed by atoms with Crippen molar-refractivity contribution in [3.63, 3.8) is 0 Å². The minimum atomic E-state index is -0.635. The third-order valence-electron chi connectivity index (χ3n) is 4.38. The van der Waals surface area contributed by atoms with Crippen LogP contribution in [0.2, 0.25) is 0 Å². The zero-order valence-corrected chi connectivity index (χ0v) is 13.7. The molecule has 0 saturated heterocycles. The maximum absolute atomic E-state index is 12.5. The number of aliphatic hydroxyl groups is 1. The van der Waals surface area contributed by atoms with Gasteiger partial charge < -0.3 is 9.84 Å². The van der Waals surface area contributed by atoms with Gasteiger partial charge in [0, 0.05) is 5.57 Å². The Labute approximate surface area is 142 Å². The molecule has 0 bridgehead atoms. The highest BCUT2D eigenvalue weighted by Gasteiger charge is 2.23. The molecule has 0 atom stereocenters. The highest BCUT2D eigenvalue weighted by atomic mass is 16.6. The van der Waals surface area contributed by atoms with Crippen molar-refractivity contribution in [2.45, 2.75) is 38.2 Å². The van der Waals surface area contributed by atoms with E-state index in [0.717, 1.165) is 36.8 Å². The standard InChI is InChI=1S/C21H22O3/c22-20(21(23)24-18-14-8-3-9-15-18)19(16-10-4-1-5-11-16)17-12-6-2-7-13-17/h1-2,4-7,10-13,18,22H,3,8-9,14-15H2. The summed E-state index contributed by atoms with van der Waals surface area (Å²) < 4.78 is 5.53. The molecule has 1 saturated carbocycles. The maximum atomic E-state index is 12.5. The summed E-state index contributed by atoms with van der Waals surface area (Å²) in [5.41, 5.74) is 2.10. The average molecular weight is 322 g/mol. The van der Waals surface area contributed by atoms with Gasteiger partial charge in [0.05, 0.1) is 0 Å². The lowest BCUT2D eigenvalue weighted by atomic mass is 9.96. The first-order valence-electron chi connectivity index (χ1n) is 8.51. The van der Waals surface area contributed by atoms with Crippen molar-refractivity contribution in [2.75, 3.05) is 0 Å². The molecule has 2 aromatic carbocycles. The SMILES string of the molecule is O=C(OC1CCCCC1)C(O)=C(c1ccccc1)c1ccccc1. The second kappa shape index (κ2) is 7.82. The van der Waals surface area contributed by atoms with Gasteiger partial charge in [-0.05, 0) is 36.8 Å². The van der Waals surface area contributed by atoms with Crippen LogP contribution in [-0.4, -0.2) is 17.2 Å². The van der Waals surface area contributed by atoms with Crippen LogP contribution in [0.15, 0.2) is 66.4 Å². The summed E-state index contributed by atoms with van der Waals surface area (Å²) >= 11 is 0. The molecule has 0 aromatic heterocycles. The monoisotopic (exact) mass is 322 g/mol. The first-order valence-corrected chi connectivity index (χ1v) is 8.51. The third kappa shape index (κ3) is 3.85. The van der Waals surface area contributed by atoms with E-state index in [1.165, 1.54) is 6.42 Å². The molecule has 0 amide bonds. The summed E-state index contributed by atoms with van der Waals surface area (Å²) in [6.07, 6.45) is 5.02. The molecule has 1 aliphatic carbocycles. The number of carbonyl (C=O) groups is 1. The van der Waals surface area contributed by atoms with Crippen molar-refractivity contribution in [1.82, 2.24) is 0 Å². The van der Waals surface area contributed by atoms with E-state index in [4.69, 9.17) is 4.74 Å². The van der Waals surface area contributed by atoms with Gasteiger partial charge in [-0.2, -0.15) is 0 Å². The highest BCUT2D eigenvalue weighted by Crippen LogP contribution is 2.28. The number of hydrogen-bond acceptors (Lipinski definition) is 3. The average Bonchev–Trinajstić information content (AvgIpc) is 2.64. The lowest BCUT2D eigenvalue weighted by Gasteiger charge is -2.22.